The molecular formula is C38H30IrN2O-2. The molecule has 4 heteroatoms. The Bertz CT molecular complexity index is 1930. The first kappa shape index (κ1) is 29.1. The molecule has 42 heavy (non-hydrogen) atoms. The van der Waals surface area contributed by atoms with Crippen LogP contribution >= 0.6 is 0 Å². The van der Waals surface area contributed by atoms with Crippen molar-refractivity contribution in [2.24, 2.45) is 0 Å². The number of nitrogens with zero attached hydrogens (tertiary/aromatic N) is 2. The van der Waals surface area contributed by atoms with Gasteiger partial charge in [0.15, 0.2) is 0 Å². The fourth-order valence-electron chi connectivity index (χ4n) is 4.94. The van der Waals surface area contributed by atoms with Crippen LogP contribution in [0.2, 0.25) is 0 Å². The van der Waals surface area contributed by atoms with Crippen molar-refractivity contribution < 1.29 is 24.5 Å². The van der Waals surface area contributed by atoms with Gasteiger partial charge in [-0.05, 0) is 60.5 Å². The zero-order valence-electron chi connectivity index (χ0n) is 23.8. The number of hydrogen-bond donors (Lipinski definition) is 0. The number of benzene rings is 4. The van der Waals surface area contributed by atoms with Gasteiger partial charge in [0.25, 0.3) is 0 Å². The first-order valence-corrected chi connectivity index (χ1v) is 13.8. The fraction of sp³-hybridized carbons (Fsp3) is 0.105. The Morgan fingerprint density at radius 3 is 2.29 bits per heavy atom. The number of fused-ring (bicyclic) bond motifs is 3. The van der Waals surface area contributed by atoms with Gasteiger partial charge in [-0.15, -0.1) is 53.1 Å². The van der Waals surface area contributed by atoms with Crippen molar-refractivity contribution in [2.75, 3.05) is 0 Å². The molecule has 7 rings (SSSR count). The van der Waals surface area contributed by atoms with Crippen LogP contribution in [0.4, 0.5) is 0 Å². The molecule has 0 atom stereocenters. The predicted molar refractivity (Wildman–Crippen MR) is 168 cm³/mol. The Labute approximate surface area is 260 Å². The van der Waals surface area contributed by atoms with Crippen LogP contribution in [-0.4, -0.2) is 9.97 Å². The van der Waals surface area contributed by atoms with Crippen molar-refractivity contribution in [3.8, 4) is 22.5 Å². The van der Waals surface area contributed by atoms with E-state index in [0.29, 0.717) is 0 Å². The summed E-state index contributed by atoms with van der Waals surface area (Å²) in [6, 6.07) is 41.7. The summed E-state index contributed by atoms with van der Waals surface area (Å²) in [6.45, 7) is 6.24. The quantitative estimate of drug-likeness (QED) is 0.170. The molecule has 0 saturated carbocycles. The topological polar surface area (TPSA) is 38.9 Å². The van der Waals surface area contributed by atoms with Crippen molar-refractivity contribution in [3.63, 3.8) is 0 Å². The average Bonchev–Trinajstić information content (AvgIpc) is 3.38. The largest absolute Gasteiger partial charge is 0.501 e. The number of aryl methyl sites for hydroxylation is 3. The molecule has 1 radical (unpaired) electrons. The molecule has 0 aliphatic heterocycles. The third kappa shape index (κ3) is 6.41. The fourth-order valence-corrected chi connectivity index (χ4v) is 4.94. The van der Waals surface area contributed by atoms with Gasteiger partial charge in [0, 0.05) is 37.9 Å². The average molecular weight is 723 g/mol. The van der Waals surface area contributed by atoms with Gasteiger partial charge in [-0.1, -0.05) is 84.6 Å². The first-order chi connectivity index (χ1) is 20.0. The molecule has 0 N–H and O–H groups in total. The second-order valence-electron chi connectivity index (χ2n) is 10.4. The van der Waals surface area contributed by atoms with Crippen LogP contribution in [0, 0.1) is 32.9 Å². The SMILES string of the molecule is Cc1c[c-]c(-c2ccccn2)cc1Cc1ccccc1.Cc1ccc(-c2[c-]ccc3c2oc2cc(C)ccc23)nc1.[Ir]. The molecule has 7 aromatic rings. The van der Waals surface area contributed by atoms with Crippen LogP contribution in [0.15, 0.2) is 120 Å². The molecule has 0 fully saturated rings. The zero-order chi connectivity index (χ0) is 28.2. The summed E-state index contributed by atoms with van der Waals surface area (Å²) in [5.74, 6) is 0. The summed E-state index contributed by atoms with van der Waals surface area (Å²) >= 11 is 0. The van der Waals surface area contributed by atoms with Gasteiger partial charge in [-0.25, -0.2) is 0 Å². The van der Waals surface area contributed by atoms with E-state index < -0.39 is 0 Å². The van der Waals surface area contributed by atoms with Crippen LogP contribution in [0.3, 0.4) is 0 Å². The summed E-state index contributed by atoms with van der Waals surface area (Å²) in [5, 5.41) is 2.25. The van der Waals surface area contributed by atoms with Gasteiger partial charge in [0.2, 0.25) is 0 Å². The maximum atomic E-state index is 6.08. The van der Waals surface area contributed by atoms with Crippen LogP contribution in [0.5, 0.6) is 0 Å². The van der Waals surface area contributed by atoms with Crippen molar-refractivity contribution in [2.45, 2.75) is 27.2 Å². The van der Waals surface area contributed by atoms with Crippen molar-refractivity contribution in [1.82, 2.24) is 9.97 Å². The second-order valence-corrected chi connectivity index (χ2v) is 10.4. The number of furan rings is 1. The van der Waals surface area contributed by atoms with E-state index in [1.165, 1.54) is 22.3 Å². The molecule has 0 spiro atoms. The third-order valence-corrected chi connectivity index (χ3v) is 7.20. The molecule has 0 bridgehead atoms. The Kier molecular flexibility index (Phi) is 9.07. The minimum Gasteiger partial charge on any atom is -0.501 e. The van der Waals surface area contributed by atoms with E-state index in [-0.39, 0.29) is 20.1 Å². The van der Waals surface area contributed by atoms with Gasteiger partial charge in [0.05, 0.1) is 5.58 Å². The maximum Gasteiger partial charge on any atom is 0.121 e. The van der Waals surface area contributed by atoms with Crippen LogP contribution in [-0.2, 0) is 26.5 Å². The van der Waals surface area contributed by atoms with E-state index in [4.69, 9.17) is 4.42 Å². The molecule has 3 heterocycles. The first-order valence-electron chi connectivity index (χ1n) is 13.8. The van der Waals surface area contributed by atoms with Gasteiger partial charge in [-0.3, -0.25) is 0 Å². The normalized spacial score (nSPS) is 10.6. The van der Waals surface area contributed by atoms with Crippen molar-refractivity contribution in [3.05, 3.63) is 155 Å². The Morgan fingerprint density at radius 1 is 0.714 bits per heavy atom. The summed E-state index contributed by atoms with van der Waals surface area (Å²) in [6.07, 6.45) is 4.63. The van der Waals surface area contributed by atoms with Crippen LogP contribution in [0.1, 0.15) is 27.8 Å². The Morgan fingerprint density at radius 2 is 1.52 bits per heavy atom. The van der Waals surface area contributed by atoms with E-state index in [1.807, 2.05) is 55.7 Å². The van der Waals surface area contributed by atoms with Crippen LogP contribution < -0.4 is 0 Å². The smallest absolute Gasteiger partial charge is 0.121 e. The number of rotatable bonds is 4. The molecule has 4 aromatic carbocycles. The van der Waals surface area contributed by atoms with E-state index in [0.717, 1.165) is 56.4 Å². The van der Waals surface area contributed by atoms with E-state index in [2.05, 4.69) is 103 Å². The van der Waals surface area contributed by atoms with Gasteiger partial charge >= 0.3 is 0 Å². The maximum absolute atomic E-state index is 6.08. The number of aromatic nitrogens is 2. The molecule has 0 aliphatic carbocycles. The minimum absolute atomic E-state index is 0. The molecule has 0 unspecified atom stereocenters. The predicted octanol–water partition coefficient (Wildman–Crippen LogP) is 9.51. The molecule has 3 nitrogen and oxygen atoms in total. The summed E-state index contributed by atoms with van der Waals surface area (Å²) in [7, 11) is 0. The van der Waals surface area contributed by atoms with E-state index >= 15 is 0 Å². The summed E-state index contributed by atoms with van der Waals surface area (Å²) in [5.41, 5.74) is 11.9. The Hall–Kier alpha value is -4.37. The van der Waals surface area contributed by atoms with Crippen molar-refractivity contribution >= 4 is 21.9 Å². The van der Waals surface area contributed by atoms with Gasteiger partial charge < -0.3 is 14.4 Å². The molecular weight excluding hydrogens is 693 g/mol. The number of hydrogen-bond acceptors (Lipinski definition) is 3. The monoisotopic (exact) mass is 723 g/mol. The molecule has 0 saturated heterocycles. The van der Waals surface area contributed by atoms with E-state index in [9.17, 15) is 0 Å². The molecule has 3 aromatic heterocycles. The molecule has 0 aliphatic rings. The minimum atomic E-state index is 0. The second kappa shape index (κ2) is 13.1. The third-order valence-electron chi connectivity index (χ3n) is 7.20. The summed E-state index contributed by atoms with van der Waals surface area (Å²) < 4.78 is 6.08. The summed E-state index contributed by atoms with van der Waals surface area (Å²) in [4.78, 5) is 8.89. The number of pyridine rings is 2. The standard InChI is InChI=1S/C19H14NO.C19H16N.Ir/c1-12-6-8-14-15-4-3-5-16(19(15)21-18(14)10-12)17-9-7-13(2)11-20-17;1-15-10-11-17(19-9-5-6-12-20-19)14-18(15)13-16-7-3-2-4-8-16;/h3-4,6-11H,1-2H3;2-10,12,14H,13H2,1H3;/q2*-1;. The van der Waals surface area contributed by atoms with Gasteiger partial charge in [-0.2, -0.15) is 0 Å². The van der Waals surface area contributed by atoms with Crippen LogP contribution in [0.25, 0.3) is 44.5 Å². The Balaban J connectivity index is 0.000000164. The molecule has 0 amide bonds. The van der Waals surface area contributed by atoms with Gasteiger partial charge in [0.1, 0.15) is 5.58 Å². The van der Waals surface area contributed by atoms with Crippen molar-refractivity contribution in [1.29, 1.82) is 0 Å². The zero-order valence-corrected chi connectivity index (χ0v) is 26.2. The van der Waals surface area contributed by atoms with E-state index in [1.54, 1.807) is 0 Å². The molecule has 209 valence electrons.